The van der Waals surface area contributed by atoms with E-state index in [-0.39, 0.29) is 37.1 Å². The largest absolute Gasteiger partial charge is 0.465 e. The van der Waals surface area contributed by atoms with Crippen LogP contribution in [0.15, 0.2) is 30.3 Å². The summed E-state index contributed by atoms with van der Waals surface area (Å²) in [5.74, 6) is 5.39. The molecule has 1 saturated heterocycles. The molecule has 1 aliphatic carbocycles. The van der Waals surface area contributed by atoms with Crippen LogP contribution in [0.1, 0.15) is 84.1 Å². The molecule has 0 aromatic heterocycles. The molecule has 5 atom stereocenters. The fourth-order valence-electron chi connectivity index (χ4n) is 5.69. The molecule has 1 saturated carbocycles. The van der Waals surface area contributed by atoms with Crippen molar-refractivity contribution in [1.82, 2.24) is 10.2 Å². The SMILES string of the molecule is CCCCCC#CCOC(=O)[C@@H]1C[C@@H]2CCC[C@@H]2N1C(=O)[C@H](C)N[C@@H](CCc1ccccc1)C(=O)OCC. The molecule has 0 bridgehead atoms. The molecule has 1 N–H and O–H groups in total. The fourth-order valence-corrected chi connectivity index (χ4v) is 5.69. The van der Waals surface area contributed by atoms with Crippen LogP contribution in [0.4, 0.5) is 0 Å². The number of aryl methyl sites for hydroxylation is 1. The van der Waals surface area contributed by atoms with Crippen LogP contribution in [-0.4, -0.2) is 60.1 Å². The average Bonchev–Trinajstić information content (AvgIpc) is 3.52. The van der Waals surface area contributed by atoms with Crippen LogP contribution >= 0.6 is 0 Å². The lowest BCUT2D eigenvalue weighted by atomic mass is 10.0. The smallest absolute Gasteiger partial charge is 0.329 e. The van der Waals surface area contributed by atoms with Crippen molar-refractivity contribution in [2.24, 2.45) is 5.92 Å². The maximum absolute atomic E-state index is 13.7. The Balaban J connectivity index is 1.63. The Labute approximate surface area is 228 Å². The van der Waals surface area contributed by atoms with Gasteiger partial charge in [0.2, 0.25) is 5.91 Å². The number of nitrogens with one attached hydrogen (secondary N) is 1. The topological polar surface area (TPSA) is 84.9 Å². The van der Waals surface area contributed by atoms with Gasteiger partial charge in [-0.05, 0) is 63.9 Å². The molecule has 7 heteroatoms. The van der Waals surface area contributed by atoms with Gasteiger partial charge in [-0.3, -0.25) is 14.9 Å². The summed E-state index contributed by atoms with van der Waals surface area (Å²) >= 11 is 0. The van der Waals surface area contributed by atoms with E-state index < -0.39 is 18.1 Å². The normalized spacial score (nSPS) is 21.7. The number of unbranched alkanes of at least 4 members (excludes halogenated alkanes) is 3. The van der Waals surface area contributed by atoms with Crippen molar-refractivity contribution in [3.8, 4) is 11.8 Å². The van der Waals surface area contributed by atoms with Crippen molar-refractivity contribution in [1.29, 1.82) is 0 Å². The van der Waals surface area contributed by atoms with Crippen molar-refractivity contribution in [3.05, 3.63) is 35.9 Å². The minimum absolute atomic E-state index is 0.0368. The molecule has 0 radical (unpaired) electrons. The molecule has 1 aliphatic heterocycles. The number of nitrogens with zero attached hydrogens (tertiary/aromatic N) is 1. The first-order chi connectivity index (χ1) is 18.5. The third-order valence-electron chi connectivity index (χ3n) is 7.64. The summed E-state index contributed by atoms with van der Waals surface area (Å²) in [6, 6.07) is 8.11. The van der Waals surface area contributed by atoms with Crippen LogP contribution in [0.3, 0.4) is 0 Å². The predicted molar refractivity (Wildman–Crippen MR) is 147 cm³/mol. The Morgan fingerprint density at radius 1 is 1.08 bits per heavy atom. The second-order valence-electron chi connectivity index (χ2n) is 10.4. The Morgan fingerprint density at radius 3 is 2.61 bits per heavy atom. The van der Waals surface area contributed by atoms with Crippen molar-refractivity contribution in [2.75, 3.05) is 13.2 Å². The summed E-state index contributed by atoms with van der Waals surface area (Å²) in [6.07, 6.45) is 8.91. The number of benzene rings is 1. The van der Waals surface area contributed by atoms with Gasteiger partial charge >= 0.3 is 11.9 Å². The van der Waals surface area contributed by atoms with Crippen LogP contribution in [0, 0.1) is 17.8 Å². The van der Waals surface area contributed by atoms with Gasteiger partial charge in [-0.15, -0.1) is 0 Å². The highest BCUT2D eigenvalue weighted by Gasteiger charge is 2.50. The van der Waals surface area contributed by atoms with E-state index in [2.05, 4.69) is 24.1 Å². The van der Waals surface area contributed by atoms with Crippen LogP contribution in [0.25, 0.3) is 0 Å². The van der Waals surface area contributed by atoms with E-state index in [1.807, 2.05) is 30.3 Å². The van der Waals surface area contributed by atoms with Crippen molar-refractivity contribution in [3.63, 3.8) is 0 Å². The highest BCUT2D eigenvalue weighted by molar-refractivity contribution is 5.89. The van der Waals surface area contributed by atoms with Crippen LogP contribution in [-0.2, 0) is 30.3 Å². The molecule has 2 fully saturated rings. The van der Waals surface area contributed by atoms with Gasteiger partial charge in [-0.25, -0.2) is 4.79 Å². The lowest BCUT2D eigenvalue weighted by molar-refractivity contribution is -0.154. The van der Waals surface area contributed by atoms with E-state index in [9.17, 15) is 14.4 Å². The third kappa shape index (κ3) is 8.33. The number of rotatable bonds is 13. The zero-order valence-electron chi connectivity index (χ0n) is 23.2. The molecule has 1 heterocycles. The van der Waals surface area contributed by atoms with Gasteiger partial charge in [0.15, 0.2) is 6.61 Å². The molecule has 0 unspecified atom stereocenters. The van der Waals surface area contributed by atoms with Gasteiger partial charge in [0, 0.05) is 12.5 Å². The predicted octanol–water partition coefficient (Wildman–Crippen LogP) is 4.43. The number of amides is 1. The van der Waals surface area contributed by atoms with Crippen LogP contribution in [0.2, 0.25) is 0 Å². The minimum atomic E-state index is -0.645. The lowest BCUT2D eigenvalue weighted by Gasteiger charge is -2.32. The maximum atomic E-state index is 13.7. The maximum Gasteiger partial charge on any atom is 0.329 e. The Kier molecular flexibility index (Phi) is 12.1. The van der Waals surface area contributed by atoms with E-state index >= 15 is 0 Å². The monoisotopic (exact) mass is 524 g/mol. The van der Waals surface area contributed by atoms with Crippen LogP contribution < -0.4 is 5.32 Å². The van der Waals surface area contributed by atoms with Gasteiger partial charge in [0.1, 0.15) is 12.1 Å². The number of fused-ring (bicyclic) bond motifs is 1. The van der Waals surface area contributed by atoms with Gasteiger partial charge in [0.05, 0.1) is 12.6 Å². The van der Waals surface area contributed by atoms with Gasteiger partial charge in [-0.2, -0.15) is 0 Å². The molecule has 1 amide bonds. The number of carbonyl (C=O) groups is 3. The molecular formula is C31H44N2O5. The average molecular weight is 525 g/mol. The molecule has 1 aromatic carbocycles. The lowest BCUT2D eigenvalue weighted by Crippen LogP contribution is -2.55. The molecule has 3 rings (SSSR count). The first-order valence-corrected chi connectivity index (χ1v) is 14.4. The number of hydrogen-bond donors (Lipinski definition) is 1. The molecule has 1 aromatic rings. The summed E-state index contributed by atoms with van der Waals surface area (Å²) in [7, 11) is 0. The van der Waals surface area contributed by atoms with Crippen molar-refractivity contribution in [2.45, 2.75) is 109 Å². The van der Waals surface area contributed by atoms with Crippen LogP contribution in [0.5, 0.6) is 0 Å². The number of ether oxygens (including phenoxy) is 2. The Hall–Kier alpha value is -2.85. The highest BCUT2D eigenvalue weighted by Crippen LogP contribution is 2.42. The first-order valence-electron chi connectivity index (χ1n) is 14.4. The van der Waals surface area contributed by atoms with E-state index in [1.165, 1.54) is 0 Å². The summed E-state index contributed by atoms with van der Waals surface area (Å²) in [5.41, 5.74) is 1.12. The van der Waals surface area contributed by atoms with E-state index in [0.717, 1.165) is 50.5 Å². The van der Waals surface area contributed by atoms with Gasteiger partial charge in [-0.1, -0.05) is 68.4 Å². The quantitative estimate of drug-likeness (QED) is 0.234. The molecule has 208 valence electrons. The van der Waals surface area contributed by atoms with Crippen molar-refractivity contribution >= 4 is 17.8 Å². The minimum Gasteiger partial charge on any atom is -0.465 e. The third-order valence-corrected chi connectivity index (χ3v) is 7.64. The highest BCUT2D eigenvalue weighted by atomic mass is 16.5. The van der Waals surface area contributed by atoms with E-state index in [1.54, 1.807) is 18.7 Å². The molecule has 0 spiro atoms. The molecule has 2 aliphatic rings. The molecule has 7 nitrogen and oxygen atoms in total. The first kappa shape index (κ1) is 29.7. The number of hydrogen-bond acceptors (Lipinski definition) is 6. The zero-order chi connectivity index (χ0) is 27.3. The summed E-state index contributed by atoms with van der Waals surface area (Å²) in [4.78, 5) is 41.3. The Morgan fingerprint density at radius 2 is 1.87 bits per heavy atom. The molecular weight excluding hydrogens is 480 g/mol. The summed E-state index contributed by atoms with van der Waals surface area (Å²) in [5, 5.41) is 3.22. The molecule has 38 heavy (non-hydrogen) atoms. The van der Waals surface area contributed by atoms with E-state index in [0.29, 0.717) is 25.2 Å². The second kappa shape index (κ2) is 15.5. The summed E-state index contributed by atoms with van der Waals surface area (Å²) < 4.78 is 10.8. The Bertz CT molecular complexity index is 969. The number of esters is 2. The summed E-state index contributed by atoms with van der Waals surface area (Å²) in [6.45, 7) is 6.02. The van der Waals surface area contributed by atoms with Crippen molar-refractivity contribution < 1.29 is 23.9 Å². The second-order valence-corrected chi connectivity index (χ2v) is 10.4. The number of carbonyl (C=O) groups excluding carboxylic acids is 3. The van der Waals surface area contributed by atoms with Gasteiger partial charge < -0.3 is 14.4 Å². The van der Waals surface area contributed by atoms with E-state index in [4.69, 9.17) is 9.47 Å². The van der Waals surface area contributed by atoms with Gasteiger partial charge in [0.25, 0.3) is 0 Å². The zero-order valence-corrected chi connectivity index (χ0v) is 23.2. The fraction of sp³-hybridized carbons (Fsp3) is 0.645. The number of likely N-dealkylation sites (tertiary alicyclic amines) is 1. The standard InChI is InChI=1S/C31H44N2O5/c1-4-6-7-8-9-13-21-38-31(36)28-22-25-17-14-18-27(25)33(28)29(34)23(3)32-26(30(35)37-5-2)20-19-24-15-11-10-12-16-24/h10-12,15-16,23,25-28,32H,4-8,14,17-22H2,1-3H3/t23-,25-,26-,27-,28-/m0/s1.